The highest BCUT2D eigenvalue weighted by molar-refractivity contribution is 5.74. The van der Waals surface area contributed by atoms with Crippen molar-refractivity contribution >= 4 is 5.57 Å². The SMILES string of the molecule is CCCCCCCOc1ccc2c(c1)CC=C2C[C@H](N)CO. The Balaban J connectivity index is 1.81. The van der Waals surface area contributed by atoms with Gasteiger partial charge in [0.05, 0.1) is 13.2 Å². The number of hydrogen-bond acceptors (Lipinski definition) is 3. The number of ether oxygens (including phenoxy) is 1. The zero-order chi connectivity index (χ0) is 15.8. The molecule has 0 bridgehead atoms. The summed E-state index contributed by atoms with van der Waals surface area (Å²) < 4.78 is 5.86. The van der Waals surface area contributed by atoms with Gasteiger partial charge in [-0.05, 0) is 48.1 Å². The summed E-state index contributed by atoms with van der Waals surface area (Å²) in [5.74, 6) is 0.968. The van der Waals surface area contributed by atoms with Gasteiger partial charge in [0.1, 0.15) is 5.75 Å². The zero-order valence-electron chi connectivity index (χ0n) is 13.7. The van der Waals surface area contributed by atoms with Crippen LogP contribution in [-0.4, -0.2) is 24.4 Å². The van der Waals surface area contributed by atoms with Gasteiger partial charge in [-0.1, -0.05) is 44.7 Å². The van der Waals surface area contributed by atoms with Crippen LogP contribution in [0.3, 0.4) is 0 Å². The number of benzene rings is 1. The summed E-state index contributed by atoms with van der Waals surface area (Å²) in [7, 11) is 0. The molecule has 22 heavy (non-hydrogen) atoms. The molecule has 0 fully saturated rings. The summed E-state index contributed by atoms with van der Waals surface area (Å²) in [6, 6.07) is 6.16. The minimum Gasteiger partial charge on any atom is -0.494 e. The van der Waals surface area contributed by atoms with Crippen LogP contribution < -0.4 is 10.5 Å². The number of rotatable bonds is 10. The van der Waals surface area contributed by atoms with Crippen molar-refractivity contribution < 1.29 is 9.84 Å². The van der Waals surface area contributed by atoms with Gasteiger partial charge < -0.3 is 15.6 Å². The molecule has 0 radical (unpaired) electrons. The van der Waals surface area contributed by atoms with Crippen LogP contribution >= 0.6 is 0 Å². The second-order valence-electron chi connectivity index (χ2n) is 6.16. The van der Waals surface area contributed by atoms with Gasteiger partial charge in [-0.2, -0.15) is 0 Å². The van der Waals surface area contributed by atoms with E-state index in [9.17, 15) is 0 Å². The number of allylic oxidation sites excluding steroid dienone is 1. The monoisotopic (exact) mass is 303 g/mol. The molecule has 122 valence electrons. The molecule has 0 heterocycles. The quantitative estimate of drug-likeness (QED) is 0.648. The smallest absolute Gasteiger partial charge is 0.119 e. The standard InChI is InChI=1S/C19H29NO2/c1-2-3-4-5-6-11-22-18-9-10-19-15(12-17(20)14-21)7-8-16(19)13-18/h7,9-10,13,17,21H,2-6,8,11-12,14,20H2,1H3/t17-/m0/s1. The summed E-state index contributed by atoms with van der Waals surface area (Å²) in [5.41, 5.74) is 9.66. The molecule has 3 nitrogen and oxygen atoms in total. The van der Waals surface area contributed by atoms with Gasteiger partial charge in [-0.15, -0.1) is 0 Å². The maximum atomic E-state index is 9.09. The number of fused-ring (bicyclic) bond motifs is 1. The molecular formula is C19H29NO2. The molecule has 3 N–H and O–H groups in total. The maximum absolute atomic E-state index is 9.09. The van der Waals surface area contributed by atoms with E-state index in [0.717, 1.165) is 31.6 Å². The van der Waals surface area contributed by atoms with E-state index in [4.69, 9.17) is 15.6 Å². The molecule has 1 aliphatic rings. The number of hydrogen-bond donors (Lipinski definition) is 2. The summed E-state index contributed by atoms with van der Waals surface area (Å²) in [4.78, 5) is 0. The predicted octanol–water partition coefficient (Wildman–Crippen LogP) is 3.69. The Labute approximate surface area is 134 Å². The predicted molar refractivity (Wildman–Crippen MR) is 92.1 cm³/mol. The molecule has 0 saturated heterocycles. The van der Waals surface area contributed by atoms with E-state index in [0.29, 0.717) is 0 Å². The molecule has 0 amide bonds. The molecule has 0 aliphatic heterocycles. The van der Waals surface area contributed by atoms with Crippen molar-refractivity contribution in [3.63, 3.8) is 0 Å². The first-order chi connectivity index (χ1) is 10.7. The van der Waals surface area contributed by atoms with Crippen molar-refractivity contribution in [3.8, 4) is 5.75 Å². The van der Waals surface area contributed by atoms with Crippen molar-refractivity contribution in [1.29, 1.82) is 0 Å². The van der Waals surface area contributed by atoms with E-state index >= 15 is 0 Å². The lowest BCUT2D eigenvalue weighted by Gasteiger charge is -2.12. The van der Waals surface area contributed by atoms with Crippen molar-refractivity contribution in [2.45, 2.75) is 57.9 Å². The lowest BCUT2D eigenvalue weighted by molar-refractivity contribution is 0.267. The largest absolute Gasteiger partial charge is 0.494 e. The summed E-state index contributed by atoms with van der Waals surface area (Å²) in [6.07, 6.45) is 10.2. The van der Waals surface area contributed by atoms with Crippen LogP contribution in [0.5, 0.6) is 5.75 Å². The highest BCUT2D eigenvalue weighted by Crippen LogP contribution is 2.32. The fraction of sp³-hybridized carbons (Fsp3) is 0.579. The first kappa shape index (κ1) is 17.0. The third-order valence-corrected chi connectivity index (χ3v) is 4.22. The van der Waals surface area contributed by atoms with Gasteiger partial charge in [-0.3, -0.25) is 0 Å². The van der Waals surface area contributed by atoms with Gasteiger partial charge in [0, 0.05) is 6.04 Å². The van der Waals surface area contributed by atoms with Crippen molar-refractivity contribution in [1.82, 2.24) is 0 Å². The average molecular weight is 303 g/mol. The maximum Gasteiger partial charge on any atom is 0.119 e. The lowest BCUT2D eigenvalue weighted by atomic mass is 10.00. The van der Waals surface area contributed by atoms with Crippen LogP contribution in [0.1, 0.15) is 56.6 Å². The van der Waals surface area contributed by atoms with Crippen molar-refractivity contribution in [3.05, 3.63) is 35.4 Å². The van der Waals surface area contributed by atoms with Gasteiger partial charge in [-0.25, -0.2) is 0 Å². The van der Waals surface area contributed by atoms with E-state index < -0.39 is 0 Å². The van der Waals surface area contributed by atoms with Crippen LogP contribution in [0.25, 0.3) is 5.57 Å². The molecular weight excluding hydrogens is 274 g/mol. The van der Waals surface area contributed by atoms with E-state index in [-0.39, 0.29) is 12.6 Å². The fourth-order valence-electron chi connectivity index (χ4n) is 2.92. The summed E-state index contributed by atoms with van der Waals surface area (Å²) in [5, 5.41) is 9.09. The second-order valence-corrected chi connectivity index (χ2v) is 6.16. The number of aliphatic hydroxyl groups is 1. The first-order valence-corrected chi connectivity index (χ1v) is 8.56. The average Bonchev–Trinajstić information content (AvgIpc) is 2.93. The lowest BCUT2D eigenvalue weighted by Crippen LogP contribution is -2.24. The molecule has 0 saturated carbocycles. The molecule has 1 aromatic rings. The van der Waals surface area contributed by atoms with Crippen LogP contribution in [0.2, 0.25) is 0 Å². The molecule has 0 unspecified atom stereocenters. The topological polar surface area (TPSA) is 55.5 Å². The third kappa shape index (κ3) is 4.85. The van der Waals surface area contributed by atoms with Crippen LogP contribution in [-0.2, 0) is 6.42 Å². The van der Waals surface area contributed by atoms with Gasteiger partial charge >= 0.3 is 0 Å². The Morgan fingerprint density at radius 2 is 2.05 bits per heavy atom. The summed E-state index contributed by atoms with van der Waals surface area (Å²) in [6.45, 7) is 3.07. The first-order valence-electron chi connectivity index (χ1n) is 8.56. The molecule has 2 rings (SSSR count). The van der Waals surface area contributed by atoms with Crippen LogP contribution in [0, 0.1) is 0 Å². The molecule has 1 aliphatic carbocycles. The van der Waals surface area contributed by atoms with Gasteiger partial charge in [0.25, 0.3) is 0 Å². The Morgan fingerprint density at radius 3 is 2.82 bits per heavy atom. The molecule has 3 heteroatoms. The number of aliphatic hydroxyl groups excluding tert-OH is 1. The van der Waals surface area contributed by atoms with E-state index in [1.165, 1.54) is 42.4 Å². The van der Waals surface area contributed by atoms with E-state index in [1.54, 1.807) is 0 Å². The Bertz CT molecular complexity index is 496. The number of nitrogens with two attached hydrogens (primary N) is 1. The molecule has 0 spiro atoms. The highest BCUT2D eigenvalue weighted by atomic mass is 16.5. The third-order valence-electron chi connectivity index (χ3n) is 4.22. The van der Waals surface area contributed by atoms with Crippen LogP contribution in [0.4, 0.5) is 0 Å². The van der Waals surface area contributed by atoms with Crippen molar-refractivity contribution in [2.24, 2.45) is 5.73 Å². The van der Waals surface area contributed by atoms with Crippen molar-refractivity contribution in [2.75, 3.05) is 13.2 Å². The number of unbranched alkanes of at least 4 members (excludes halogenated alkanes) is 4. The van der Waals surface area contributed by atoms with Crippen LogP contribution in [0.15, 0.2) is 24.3 Å². The minimum atomic E-state index is -0.170. The van der Waals surface area contributed by atoms with E-state index in [1.807, 2.05) is 0 Å². The van der Waals surface area contributed by atoms with Gasteiger partial charge in [0.15, 0.2) is 0 Å². The Morgan fingerprint density at radius 1 is 1.23 bits per heavy atom. The molecule has 0 aromatic heterocycles. The molecule has 1 atom stereocenters. The minimum absolute atomic E-state index is 0.0336. The highest BCUT2D eigenvalue weighted by Gasteiger charge is 2.16. The summed E-state index contributed by atoms with van der Waals surface area (Å²) >= 11 is 0. The fourth-order valence-corrected chi connectivity index (χ4v) is 2.92. The van der Waals surface area contributed by atoms with Gasteiger partial charge in [0.2, 0.25) is 0 Å². The second kappa shape index (κ2) is 8.96. The Hall–Kier alpha value is -1.32. The normalized spacial score (nSPS) is 14.6. The molecule has 1 aromatic carbocycles. The Kier molecular flexibility index (Phi) is 6.94. The van der Waals surface area contributed by atoms with E-state index in [2.05, 4.69) is 31.2 Å². The zero-order valence-corrected chi connectivity index (χ0v) is 13.7.